The van der Waals surface area contributed by atoms with E-state index < -0.39 is 35.4 Å². The topological polar surface area (TPSA) is 77.9 Å². The maximum absolute atomic E-state index is 12.1. The molecule has 9 heteroatoms. The van der Waals surface area contributed by atoms with Gasteiger partial charge >= 0.3 is 12.3 Å². The van der Waals surface area contributed by atoms with Gasteiger partial charge in [0, 0.05) is 6.07 Å². The number of ether oxygens (including phenoxy) is 3. The molecule has 0 saturated carbocycles. The van der Waals surface area contributed by atoms with Crippen molar-refractivity contribution in [1.29, 1.82) is 0 Å². The van der Waals surface area contributed by atoms with Gasteiger partial charge in [0.25, 0.3) is 5.88 Å². The van der Waals surface area contributed by atoms with E-state index in [1.807, 2.05) is 0 Å². The molecule has 6 nitrogen and oxygen atoms in total. The van der Waals surface area contributed by atoms with E-state index in [0.717, 1.165) is 13.2 Å². The van der Waals surface area contributed by atoms with Crippen LogP contribution in [0, 0.1) is 0 Å². The van der Waals surface area contributed by atoms with Gasteiger partial charge in [0.05, 0.1) is 13.7 Å². The van der Waals surface area contributed by atoms with Crippen molar-refractivity contribution < 1.29 is 37.3 Å². The number of pyridine rings is 1. The molecule has 0 spiro atoms. The van der Waals surface area contributed by atoms with Crippen molar-refractivity contribution in [3.05, 3.63) is 11.8 Å². The zero-order valence-corrected chi connectivity index (χ0v) is 9.95. The molecule has 0 aliphatic rings. The monoisotopic (exact) mass is 281 g/mol. The first-order valence-electron chi connectivity index (χ1n) is 4.99. The minimum Gasteiger partial charge on any atom is -0.501 e. The summed E-state index contributed by atoms with van der Waals surface area (Å²) in [5, 5.41) is 9.42. The molecule has 1 rings (SSSR count). The molecule has 0 bridgehead atoms. The Kier molecular flexibility index (Phi) is 4.41. The Balaban J connectivity index is 3.22. The average molecular weight is 281 g/mol. The maximum Gasteiger partial charge on any atom is 0.574 e. The van der Waals surface area contributed by atoms with Crippen molar-refractivity contribution in [3.63, 3.8) is 0 Å². The van der Waals surface area contributed by atoms with Gasteiger partial charge in [-0.2, -0.15) is 0 Å². The summed E-state index contributed by atoms with van der Waals surface area (Å²) in [5.41, 5.74) is -0.476. The molecule has 0 aliphatic heterocycles. The molecule has 1 heterocycles. The van der Waals surface area contributed by atoms with Crippen LogP contribution in [0.3, 0.4) is 0 Å². The molecule has 0 atom stereocenters. The highest BCUT2D eigenvalue weighted by molar-refractivity contribution is 5.88. The molecule has 19 heavy (non-hydrogen) atoms. The highest BCUT2D eigenvalue weighted by atomic mass is 19.4. The predicted octanol–water partition coefficient (Wildman–Crippen LogP) is 1.87. The highest BCUT2D eigenvalue weighted by Crippen LogP contribution is 2.37. The molecule has 0 unspecified atom stereocenters. The number of hydrogen-bond acceptors (Lipinski definition) is 6. The molecule has 1 aromatic rings. The minimum atomic E-state index is -5.07. The summed E-state index contributed by atoms with van der Waals surface area (Å²) in [6.07, 6.45) is -5.07. The zero-order chi connectivity index (χ0) is 14.6. The summed E-state index contributed by atoms with van der Waals surface area (Å²) in [6.45, 7) is 1.53. The van der Waals surface area contributed by atoms with Gasteiger partial charge in [-0.1, -0.05) is 0 Å². The van der Waals surface area contributed by atoms with Crippen LogP contribution in [0.5, 0.6) is 17.4 Å². The van der Waals surface area contributed by atoms with Crippen LogP contribution in [-0.4, -0.2) is 36.1 Å². The van der Waals surface area contributed by atoms with E-state index in [2.05, 4.69) is 19.2 Å². The Morgan fingerprint density at radius 3 is 2.58 bits per heavy atom. The third kappa shape index (κ3) is 3.90. The number of aromatic hydroxyl groups is 1. The van der Waals surface area contributed by atoms with Gasteiger partial charge in [-0.3, -0.25) is 0 Å². The highest BCUT2D eigenvalue weighted by Gasteiger charge is 2.34. The SMILES string of the molecule is CCOC(=O)c1cc(OC)c(O)c(OC(F)(F)F)n1. The Morgan fingerprint density at radius 2 is 2.11 bits per heavy atom. The second-order valence-corrected chi connectivity index (χ2v) is 3.13. The van der Waals surface area contributed by atoms with E-state index in [1.54, 1.807) is 0 Å². The van der Waals surface area contributed by atoms with Gasteiger partial charge in [-0.15, -0.1) is 13.2 Å². The minimum absolute atomic E-state index is 0.0131. The predicted molar refractivity (Wildman–Crippen MR) is 55.1 cm³/mol. The van der Waals surface area contributed by atoms with E-state index in [0.29, 0.717) is 0 Å². The molecule has 0 aromatic carbocycles. The summed E-state index contributed by atoms with van der Waals surface area (Å²) in [7, 11) is 1.10. The summed E-state index contributed by atoms with van der Waals surface area (Å²) in [5.74, 6) is -3.51. The summed E-state index contributed by atoms with van der Waals surface area (Å²) < 4.78 is 49.0. The van der Waals surface area contributed by atoms with Gasteiger partial charge in [0.2, 0.25) is 5.75 Å². The van der Waals surface area contributed by atoms with Crippen LogP contribution in [0.4, 0.5) is 13.2 Å². The number of carbonyl (C=O) groups excluding carboxylic acids is 1. The lowest BCUT2D eigenvalue weighted by molar-refractivity contribution is -0.276. The molecule has 0 saturated heterocycles. The Hall–Kier alpha value is -2.19. The van der Waals surface area contributed by atoms with E-state index in [9.17, 15) is 23.1 Å². The molecular formula is C10H10F3NO5. The van der Waals surface area contributed by atoms with Crippen LogP contribution in [0.15, 0.2) is 6.07 Å². The lowest BCUT2D eigenvalue weighted by atomic mass is 10.3. The zero-order valence-electron chi connectivity index (χ0n) is 9.95. The first-order valence-corrected chi connectivity index (χ1v) is 4.99. The summed E-state index contributed by atoms with van der Waals surface area (Å²) in [6, 6.07) is 0.941. The lowest BCUT2D eigenvalue weighted by Crippen LogP contribution is -2.19. The van der Waals surface area contributed by atoms with Crippen molar-refractivity contribution in [2.24, 2.45) is 0 Å². The Bertz CT molecular complexity index is 475. The third-order valence-electron chi connectivity index (χ3n) is 1.84. The van der Waals surface area contributed by atoms with Crippen LogP contribution < -0.4 is 9.47 Å². The smallest absolute Gasteiger partial charge is 0.501 e. The normalized spacial score (nSPS) is 11.0. The molecule has 0 amide bonds. The van der Waals surface area contributed by atoms with E-state index in [-0.39, 0.29) is 6.61 Å². The molecule has 1 aromatic heterocycles. The van der Waals surface area contributed by atoms with Gasteiger partial charge in [-0.05, 0) is 6.92 Å². The average Bonchev–Trinajstić information content (AvgIpc) is 2.30. The van der Waals surface area contributed by atoms with E-state index >= 15 is 0 Å². The molecule has 0 aliphatic carbocycles. The van der Waals surface area contributed by atoms with E-state index in [4.69, 9.17) is 0 Å². The van der Waals surface area contributed by atoms with Crippen molar-refractivity contribution in [1.82, 2.24) is 4.98 Å². The fourth-order valence-electron chi connectivity index (χ4n) is 1.14. The quantitative estimate of drug-likeness (QED) is 0.849. The maximum atomic E-state index is 12.1. The molecule has 106 valence electrons. The fraction of sp³-hybridized carbons (Fsp3) is 0.400. The lowest BCUT2D eigenvalue weighted by Gasteiger charge is -2.12. The number of esters is 1. The Morgan fingerprint density at radius 1 is 1.47 bits per heavy atom. The number of alkyl halides is 3. The summed E-state index contributed by atoms with van der Waals surface area (Å²) >= 11 is 0. The molecule has 1 N–H and O–H groups in total. The van der Waals surface area contributed by atoms with Crippen LogP contribution in [0.25, 0.3) is 0 Å². The number of carbonyl (C=O) groups is 1. The first-order chi connectivity index (χ1) is 8.78. The van der Waals surface area contributed by atoms with Crippen LogP contribution in [-0.2, 0) is 4.74 Å². The van der Waals surface area contributed by atoms with Gasteiger partial charge in [-0.25, -0.2) is 9.78 Å². The third-order valence-corrected chi connectivity index (χ3v) is 1.84. The number of methoxy groups -OCH3 is 1. The van der Waals surface area contributed by atoms with Crippen LogP contribution in [0.1, 0.15) is 17.4 Å². The Labute approximate surface area is 105 Å². The van der Waals surface area contributed by atoms with Crippen molar-refractivity contribution in [2.45, 2.75) is 13.3 Å². The molecule has 0 fully saturated rings. The van der Waals surface area contributed by atoms with E-state index in [1.165, 1.54) is 6.92 Å². The number of rotatable bonds is 4. The van der Waals surface area contributed by atoms with Crippen molar-refractivity contribution >= 4 is 5.97 Å². The summed E-state index contributed by atoms with van der Waals surface area (Å²) in [4.78, 5) is 14.6. The standard InChI is InChI=1S/C10H10F3NO5/c1-3-18-9(16)5-4-6(17-2)7(15)8(14-5)19-10(11,12)13/h4,15H,3H2,1-2H3. The number of nitrogens with zero attached hydrogens (tertiary/aromatic N) is 1. The number of hydrogen-bond donors (Lipinski definition) is 1. The van der Waals surface area contributed by atoms with Crippen molar-refractivity contribution in [3.8, 4) is 17.4 Å². The van der Waals surface area contributed by atoms with Crippen molar-refractivity contribution in [2.75, 3.05) is 13.7 Å². The van der Waals surface area contributed by atoms with Gasteiger partial charge in [0.15, 0.2) is 11.4 Å². The first kappa shape index (κ1) is 14.9. The largest absolute Gasteiger partial charge is 0.574 e. The molecule has 0 radical (unpaired) electrons. The second kappa shape index (κ2) is 5.63. The number of aromatic nitrogens is 1. The van der Waals surface area contributed by atoms with Gasteiger partial charge in [0.1, 0.15) is 0 Å². The second-order valence-electron chi connectivity index (χ2n) is 3.13. The fourth-order valence-corrected chi connectivity index (χ4v) is 1.14. The van der Waals surface area contributed by atoms with Crippen LogP contribution in [0.2, 0.25) is 0 Å². The number of halogens is 3. The van der Waals surface area contributed by atoms with Crippen LogP contribution >= 0.6 is 0 Å². The van der Waals surface area contributed by atoms with Gasteiger partial charge < -0.3 is 19.3 Å². The molecular weight excluding hydrogens is 271 g/mol.